The molecule has 1 aromatic rings. The van der Waals surface area contributed by atoms with Gasteiger partial charge in [0.05, 0.1) is 5.69 Å². The zero-order valence-corrected chi connectivity index (χ0v) is 18.6. The lowest BCUT2D eigenvalue weighted by Gasteiger charge is -2.17. The number of rotatable bonds is 9. The third kappa shape index (κ3) is 9.49. The number of unbranched alkanes of at least 4 members (excludes halogenated alkanes) is 1. The lowest BCUT2D eigenvalue weighted by molar-refractivity contribution is 0.435. The van der Waals surface area contributed by atoms with E-state index in [2.05, 4.69) is 59.2 Å². The first-order valence-electron chi connectivity index (χ1n) is 8.88. The van der Waals surface area contributed by atoms with Gasteiger partial charge in [0.2, 0.25) is 0 Å². The van der Waals surface area contributed by atoms with E-state index in [0.717, 1.165) is 37.2 Å². The zero-order chi connectivity index (χ0) is 17.2. The lowest BCUT2D eigenvalue weighted by atomic mass is 10.1. The van der Waals surface area contributed by atoms with Gasteiger partial charge in [-0.2, -0.15) is 5.10 Å². The van der Waals surface area contributed by atoms with E-state index >= 15 is 0 Å². The van der Waals surface area contributed by atoms with Gasteiger partial charge in [0.1, 0.15) is 0 Å². The van der Waals surface area contributed by atoms with Crippen molar-refractivity contribution in [1.82, 2.24) is 20.4 Å². The quantitative estimate of drug-likeness (QED) is 0.261. The van der Waals surface area contributed by atoms with Gasteiger partial charge in [-0.25, -0.2) is 0 Å². The average molecular weight is 449 g/mol. The van der Waals surface area contributed by atoms with Crippen molar-refractivity contribution in [2.45, 2.75) is 60.4 Å². The summed E-state index contributed by atoms with van der Waals surface area (Å²) >= 11 is 0. The van der Waals surface area contributed by atoms with Crippen molar-refractivity contribution in [2.24, 2.45) is 16.8 Å². The number of aryl methyl sites for hydroxylation is 2. The molecule has 0 aliphatic heterocycles. The molecule has 1 unspecified atom stereocenters. The first-order valence-corrected chi connectivity index (χ1v) is 8.88. The monoisotopic (exact) mass is 449 g/mol. The van der Waals surface area contributed by atoms with Gasteiger partial charge in [-0.15, -0.1) is 24.0 Å². The van der Waals surface area contributed by atoms with Gasteiger partial charge < -0.3 is 10.6 Å². The highest BCUT2D eigenvalue weighted by atomic mass is 127. The van der Waals surface area contributed by atoms with E-state index in [1.807, 2.05) is 14.0 Å². The van der Waals surface area contributed by atoms with Gasteiger partial charge in [0.25, 0.3) is 0 Å². The van der Waals surface area contributed by atoms with E-state index in [1.54, 1.807) is 0 Å². The number of hydrogen-bond acceptors (Lipinski definition) is 2. The maximum Gasteiger partial charge on any atom is 0.190 e. The highest BCUT2D eigenvalue weighted by molar-refractivity contribution is 14.0. The topological polar surface area (TPSA) is 54.2 Å². The van der Waals surface area contributed by atoms with Crippen molar-refractivity contribution >= 4 is 29.9 Å². The average Bonchev–Trinajstić information content (AvgIpc) is 2.79. The highest BCUT2D eigenvalue weighted by Crippen LogP contribution is 2.06. The number of nitrogens with zero attached hydrogens (tertiary/aromatic N) is 3. The van der Waals surface area contributed by atoms with Crippen LogP contribution in [0.3, 0.4) is 0 Å². The van der Waals surface area contributed by atoms with Crippen LogP contribution in [0.4, 0.5) is 0 Å². The molecule has 0 saturated carbocycles. The van der Waals surface area contributed by atoms with E-state index in [1.165, 1.54) is 25.0 Å². The van der Waals surface area contributed by atoms with Crippen LogP contribution in [0.5, 0.6) is 0 Å². The predicted molar refractivity (Wildman–Crippen MR) is 114 cm³/mol. The van der Waals surface area contributed by atoms with Crippen LogP contribution in [0.2, 0.25) is 0 Å². The summed E-state index contributed by atoms with van der Waals surface area (Å²) in [6.07, 6.45) is 3.77. The molecule has 0 bridgehead atoms. The normalized spacial score (nSPS) is 12.9. The Morgan fingerprint density at radius 3 is 2.46 bits per heavy atom. The van der Waals surface area contributed by atoms with Gasteiger partial charge in [-0.05, 0) is 38.2 Å². The van der Waals surface area contributed by atoms with E-state index in [9.17, 15) is 0 Å². The Bertz CT molecular complexity index is 482. The summed E-state index contributed by atoms with van der Waals surface area (Å²) in [6.45, 7) is 13.7. The molecule has 6 heteroatoms. The van der Waals surface area contributed by atoms with Crippen LogP contribution in [0.1, 0.15) is 51.4 Å². The molecule has 0 spiro atoms. The largest absolute Gasteiger partial charge is 0.356 e. The standard InChI is InChI=1S/C18H35N5.HI/c1-14(2)9-7-8-10-20-18(19-6)21-12-15(3)13-23-17(5)11-16(4)22-23;/h11,14-15H,7-10,12-13H2,1-6H3,(H2,19,20,21);1H. The maximum atomic E-state index is 4.52. The number of aromatic nitrogens is 2. The molecule has 140 valence electrons. The smallest absolute Gasteiger partial charge is 0.190 e. The molecule has 1 atom stereocenters. The van der Waals surface area contributed by atoms with Crippen LogP contribution in [0, 0.1) is 25.7 Å². The van der Waals surface area contributed by atoms with Crippen LogP contribution in [0.15, 0.2) is 11.1 Å². The Kier molecular flexibility index (Phi) is 12.1. The van der Waals surface area contributed by atoms with Crippen molar-refractivity contribution < 1.29 is 0 Å². The molecule has 1 heterocycles. The predicted octanol–water partition coefficient (Wildman–Crippen LogP) is 3.75. The molecule has 0 amide bonds. The number of nitrogens with one attached hydrogen (secondary N) is 2. The fourth-order valence-electron chi connectivity index (χ4n) is 2.60. The molecule has 1 aromatic heterocycles. The Morgan fingerprint density at radius 2 is 1.92 bits per heavy atom. The number of guanidine groups is 1. The second-order valence-corrected chi connectivity index (χ2v) is 6.98. The second kappa shape index (κ2) is 12.6. The summed E-state index contributed by atoms with van der Waals surface area (Å²) in [5.41, 5.74) is 2.31. The van der Waals surface area contributed by atoms with Gasteiger partial charge >= 0.3 is 0 Å². The summed E-state index contributed by atoms with van der Waals surface area (Å²) in [5, 5.41) is 11.3. The molecule has 0 aliphatic rings. The van der Waals surface area contributed by atoms with E-state index in [-0.39, 0.29) is 24.0 Å². The van der Waals surface area contributed by atoms with Crippen LogP contribution >= 0.6 is 24.0 Å². The molecular weight excluding hydrogens is 413 g/mol. The van der Waals surface area contributed by atoms with Gasteiger partial charge in [0.15, 0.2) is 5.96 Å². The first-order chi connectivity index (χ1) is 10.9. The Balaban J connectivity index is 0.00000529. The summed E-state index contributed by atoms with van der Waals surface area (Å²) in [4.78, 5) is 4.29. The maximum absolute atomic E-state index is 4.52. The van der Waals surface area contributed by atoms with Crippen molar-refractivity contribution in [2.75, 3.05) is 20.1 Å². The summed E-state index contributed by atoms with van der Waals surface area (Å²) < 4.78 is 2.09. The molecule has 0 saturated heterocycles. The fourth-order valence-corrected chi connectivity index (χ4v) is 2.60. The summed E-state index contributed by atoms with van der Waals surface area (Å²) in [6, 6.07) is 2.12. The van der Waals surface area contributed by atoms with E-state index in [4.69, 9.17) is 0 Å². The SMILES string of the molecule is CN=C(NCCCCC(C)C)NCC(C)Cn1nc(C)cc1C.I. The van der Waals surface area contributed by atoms with Crippen LogP contribution in [-0.2, 0) is 6.54 Å². The molecule has 2 N–H and O–H groups in total. The Labute approximate surface area is 165 Å². The molecular formula is C18H36IN5. The molecule has 5 nitrogen and oxygen atoms in total. The molecule has 0 aromatic carbocycles. The Hall–Kier alpha value is -0.790. The zero-order valence-electron chi connectivity index (χ0n) is 16.2. The third-order valence-corrected chi connectivity index (χ3v) is 3.93. The molecule has 0 radical (unpaired) electrons. The lowest BCUT2D eigenvalue weighted by Crippen LogP contribution is -2.40. The minimum absolute atomic E-state index is 0. The third-order valence-electron chi connectivity index (χ3n) is 3.93. The van der Waals surface area contributed by atoms with Crippen LogP contribution in [0.25, 0.3) is 0 Å². The number of hydrogen-bond donors (Lipinski definition) is 2. The van der Waals surface area contributed by atoms with Crippen molar-refractivity contribution in [3.63, 3.8) is 0 Å². The minimum atomic E-state index is 0. The van der Waals surface area contributed by atoms with Crippen LogP contribution in [-0.4, -0.2) is 35.9 Å². The second-order valence-electron chi connectivity index (χ2n) is 6.98. The number of aliphatic imine (C=N–C) groups is 1. The fraction of sp³-hybridized carbons (Fsp3) is 0.778. The van der Waals surface area contributed by atoms with Crippen molar-refractivity contribution in [3.8, 4) is 0 Å². The van der Waals surface area contributed by atoms with Crippen LogP contribution < -0.4 is 10.6 Å². The Morgan fingerprint density at radius 1 is 1.21 bits per heavy atom. The highest BCUT2D eigenvalue weighted by Gasteiger charge is 2.08. The van der Waals surface area contributed by atoms with Crippen molar-refractivity contribution in [1.29, 1.82) is 0 Å². The number of halogens is 1. The minimum Gasteiger partial charge on any atom is -0.356 e. The van der Waals surface area contributed by atoms with E-state index in [0.29, 0.717) is 5.92 Å². The molecule has 1 rings (SSSR count). The van der Waals surface area contributed by atoms with Crippen molar-refractivity contribution in [3.05, 3.63) is 17.5 Å². The molecule has 0 fully saturated rings. The summed E-state index contributed by atoms with van der Waals surface area (Å²) in [7, 11) is 1.83. The van der Waals surface area contributed by atoms with Gasteiger partial charge in [-0.1, -0.05) is 33.6 Å². The molecule has 0 aliphatic carbocycles. The summed E-state index contributed by atoms with van der Waals surface area (Å²) in [5.74, 6) is 2.19. The van der Waals surface area contributed by atoms with Gasteiger partial charge in [-0.3, -0.25) is 9.67 Å². The van der Waals surface area contributed by atoms with Gasteiger partial charge in [0, 0.05) is 32.4 Å². The first kappa shape index (κ1) is 23.2. The molecule has 24 heavy (non-hydrogen) atoms. The van der Waals surface area contributed by atoms with E-state index < -0.39 is 0 Å².